The third-order valence-electron chi connectivity index (χ3n) is 2.91. The number of hydrogen-bond donors (Lipinski definition) is 2. The first-order valence-corrected chi connectivity index (χ1v) is 5.93. The Labute approximate surface area is 110 Å². The number of halogens is 2. The predicted molar refractivity (Wildman–Crippen MR) is 68.6 cm³/mol. The Morgan fingerprint density at radius 1 is 1.44 bits per heavy atom. The number of hydrogen-bond acceptors (Lipinski definition) is 3. The zero-order chi connectivity index (χ0) is 13.1. The van der Waals surface area contributed by atoms with E-state index in [1.165, 1.54) is 12.1 Å². The van der Waals surface area contributed by atoms with Crippen molar-refractivity contribution in [2.45, 2.75) is 19.4 Å². The third kappa shape index (κ3) is 2.72. The van der Waals surface area contributed by atoms with E-state index >= 15 is 0 Å². The normalized spacial score (nSPS) is 12.7. The summed E-state index contributed by atoms with van der Waals surface area (Å²) < 4.78 is 18.2. The van der Waals surface area contributed by atoms with E-state index in [-0.39, 0.29) is 11.9 Å². The number of furan rings is 1. The van der Waals surface area contributed by atoms with Crippen LogP contribution in [0.25, 0.3) is 0 Å². The third-order valence-corrected chi connectivity index (χ3v) is 3.27. The lowest BCUT2D eigenvalue weighted by molar-refractivity contribution is 0.501. The summed E-state index contributed by atoms with van der Waals surface area (Å²) in [5.41, 5.74) is 4.53. The van der Waals surface area contributed by atoms with Crippen molar-refractivity contribution in [1.29, 1.82) is 0 Å². The predicted octanol–water partition coefficient (Wildman–Crippen LogP) is 3.13. The van der Waals surface area contributed by atoms with Crippen LogP contribution in [0.3, 0.4) is 0 Å². The molecule has 5 heteroatoms. The molecule has 0 saturated heterocycles. The smallest absolute Gasteiger partial charge is 0.124 e. The molecule has 1 atom stereocenters. The molecule has 18 heavy (non-hydrogen) atoms. The van der Waals surface area contributed by atoms with E-state index in [1.807, 2.05) is 13.0 Å². The summed E-state index contributed by atoms with van der Waals surface area (Å²) in [4.78, 5) is 0. The molecule has 2 rings (SSSR count). The van der Waals surface area contributed by atoms with Crippen molar-refractivity contribution in [3.8, 4) is 0 Å². The second kappa shape index (κ2) is 5.52. The zero-order valence-corrected chi connectivity index (χ0v) is 10.7. The molecule has 0 radical (unpaired) electrons. The number of aryl methyl sites for hydroxylation is 1. The van der Waals surface area contributed by atoms with Gasteiger partial charge in [-0.3, -0.25) is 11.3 Å². The highest BCUT2D eigenvalue weighted by Crippen LogP contribution is 2.26. The van der Waals surface area contributed by atoms with E-state index in [9.17, 15) is 4.39 Å². The van der Waals surface area contributed by atoms with Crippen molar-refractivity contribution >= 4 is 11.6 Å². The molecule has 96 valence electrons. The number of nitrogens with two attached hydrogens (primary N) is 1. The Morgan fingerprint density at radius 3 is 2.78 bits per heavy atom. The fourth-order valence-corrected chi connectivity index (χ4v) is 2.17. The molecule has 1 aromatic carbocycles. The fraction of sp³-hybridized carbons (Fsp3) is 0.231. The van der Waals surface area contributed by atoms with Gasteiger partial charge in [-0.15, -0.1) is 0 Å². The molecule has 1 aromatic heterocycles. The van der Waals surface area contributed by atoms with E-state index in [2.05, 4.69) is 5.43 Å². The highest BCUT2D eigenvalue weighted by atomic mass is 35.5. The highest BCUT2D eigenvalue weighted by molar-refractivity contribution is 6.31. The van der Waals surface area contributed by atoms with Gasteiger partial charge in [-0.1, -0.05) is 17.7 Å². The summed E-state index contributed by atoms with van der Waals surface area (Å²) in [5.74, 6) is 6.01. The monoisotopic (exact) mass is 268 g/mol. The van der Waals surface area contributed by atoms with Crippen molar-refractivity contribution in [1.82, 2.24) is 5.43 Å². The zero-order valence-electron chi connectivity index (χ0n) is 9.91. The van der Waals surface area contributed by atoms with Gasteiger partial charge in [0.15, 0.2) is 0 Å². The van der Waals surface area contributed by atoms with Gasteiger partial charge in [-0.05, 0) is 37.1 Å². The van der Waals surface area contributed by atoms with Crippen molar-refractivity contribution in [2.75, 3.05) is 0 Å². The molecule has 1 unspecified atom stereocenters. The maximum atomic E-state index is 13.0. The molecular formula is C13H14ClFN2O. The topological polar surface area (TPSA) is 51.2 Å². The van der Waals surface area contributed by atoms with Crippen molar-refractivity contribution in [3.63, 3.8) is 0 Å². The SMILES string of the molecule is Cc1occc1C(Cc1ccc(F)cc1Cl)NN. The second-order valence-corrected chi connectivity index (χ2v) is 4.50. The molecule has 0 bridgehead atoms. The van der Waals surface area contributed by atoms with Crippen LogP contribution >= 0.6 is 11.6 Å². The highest BCUT2D eigenvalue weighted by Gasteiger charge is 2.16. The standard InChI is InChI=1S/C13H14ClFN2O/c1-8-11(4-5-18-8)13(17-16)6-9-2-3-10(15)7-12(9)14/h2-5,7,13,17H,6,16H2,1H3. The van der Waals surface area contributed by atoms with E-state index in [0.717, 1.165) is 16.9 Å². The summed E-state index contributed by atoms with van der Waals surface area (Å²) in [6, 6.07) is 6.09. The fourth-order valence-electron chi connectivity index (χ4n) is 1.92. The molecule has 1 heterocycles. The van der Waals surface area contributed by atoms with Crippen molar-refractivity contribution < 1.29 is 8.81 Å². The van der Waals surface area contributed by atoms with Gasteiger partial charge < -0.3 is 4.42 Å². The molecule has 0 amide bonds. The molecule has 0 fully saturated rings. The van der Waals surface area contributed by atoms with Crippen LogP contribution < -0.4 is 11.3 Å². The minimum Gasteiger partial charge on any atom is -0.469 e. The summed E-state index contributed by atoms with van der Waals surface area (Å²) in [6.07, 6.45) is 2.18. The first-order valence-electron chi connectivity index (χ1n) is 5.56. The van der Waals surface area contributed by atoms with Crippen molar-refractivity contribution in [3.05, 3.63) is 58.3 Å². The quantitative estimate of drug-likeness (QED) is 0.662. The van der Waals surface area contributed by atoms with E-state index in [1.54, 1.807) is 12.3 Å². The molecule has 0 aliphatic carbocycles. The Morgan fingerprint density at radius 2 is 2.22 bits per heavy atom. The summed E-state index contributed by atoms with van der Waals surface area (Å²) in [5, 5.41) is 0.399. The molecule has 3 N–H and O–H groups in total. The number of rotatable bonds is 4. The lowest BCUT2D eigenvalue weighted by Crippen LogP contribution is -2.29. The Hall–Kier alpha value is -1.36. The molecule has 0 aliphatic rings. The van der Waals surface area contributed by atoms with Crippen LogP contribution in [0.4, 0.5) is 4.39 Å². The van der Waals surface area contributed by atoms with Crippen LogP contribution in [0.1, 0.15) is 22.9 Å². The molecule has 0 spiro atoms. The molecule has 0 saturated carbocycles. The van der Waals surface area contributed by atoms with Gasteiger partial charge in [0, 0.05) is 10.6 Å². The lowest BCUT2D eigenvalue weighted by Gasteiger charge is -2.16. The van der Waals surface area contributed by atoms with Crippen molar-refractivity contribution in [2.24, 2.45) is 5.84 Å². The first kappa shape index (κ1) is 13.1. The van der Waals surface area contributed by atoms with Crippen LogP contribution in [0, 0.1) is 12.7 Å². The Bertz CT molecular complexity index is 542. The average molecular weight is 269 g/mol. The number of benzene rings is 1. The van der Waals surface area contributed by atoms with E-state index < -0.39 is 0 Å². The minimum atomic E-state index is -0.347. The van der Waals surface area contributed by atoms with Gasteiger partial charge in [-0.2, -0.15) is 0 Å². The van der Waals surface area contributed by atoms with Gasteiger partial charge in [0.05, 0.1) is 12.3 Å². The first-order chi connectivity index (χ1) is 8.61. The Kier molecular flexibility index (Phi) is 4.01. The molecule has 2 aromatic rings. The molecular weight excluding hydrogens is 255 g/mol. The van der Waals surface area contributed by atoms with E-state index in [0.29, 0.717) is 11.4 Å². The van der Waals surface area contributed by atoms with Crippen LogP contribution in [0.5, 0.6) is 0 Å². The maximum absolute atomic E-state index is 13.0. The van der Waals surface area contributed by atoms with Gasteiger partial charge in [0.1, 0.15) is 11.6 Å². The van der Waals surface area contributed by atoms with Gasteiger partial charge in [0.25, 0.3) is 0 Å². The molecule has 0 aliphatic heterocycles. The Balaban J connectivity index is 2.23. The summed E-state index contributed by atoms with van der Waals surface area (Å²) in [7, 11) is 0. The average Bonchev–Trinajstić information content (AvgIpc) is 2.75. The number of nitrogens with one attached hydrogen (secondary N) is 1. The maximum Gasteiger partial charge on any atom is 0.124 e. The van der Waals surface area contributed by atoms with Crippen LogP contribution in [0.2, 0.25) is 5.02 Å². The number of hydrazine groups is 1. The van der Waals surface area contributed by atoms with Gasteiger partial charge in [0.2, 0.25) is 0 Å². The van der Waals surface area contributed by atoms with Gasteiger partial charge >= 0.3 is 0 Å². The molecule has 3 nitrogen and oxygen atoms in total. The largest absolute Gasteiger partial charge is 0.469 e. The van der Waals surface area contributed by atoms with E-state index in [4.69, 9.17) is 21.9 Å². The van der Waals surface area contributed by atoms with Gasteiger partial charge in [-0.25, -0.2) is 4.39 Å². The summed E-state index contributed by atoms with van der Waals surface area (Å²) >= 11 is 6.00. The minimum absolute atomic E-state index is 0.119. The summed E-state index contributed by atoms with van der Waals surface area (Å²) in [6.45, 7) is 1.87. The van der Waals surface area contributed by atoms with Crippen LogP contribution in [-0.2, 0) is 6.42 Å². The lowest BCUT2D eigenvalue weighted by atomic mass is 10.00. The second-order valence-electron chi connectivity index (χ2n) is 4.09. The van der Waals surface area contributed by atoms with Crippen LogP contribution in [0.15, 0.2) is 34.9 Å². The van der Waals surface area contributed by atoms with Crippen LogP contribution in [-0.4, -0.2) is 0 Å².